The van der Waals surface area contributed by atoms with Crippen LogP contribution in [-0.4, -0.2) is 30.1 Å². The van der Waals surface area contributed by atoms with Gasteiger partial charge in [-0.3, -0.25) is 14.9 Å². The van der Waals surface area contributed by atoms with Crippen LogP contribution in [0.15, 0.2) is 65.6 Å². The van der Waals surface area contributed by atoms with Crippen molar-refractivity contribution >= 4 is 27.1 Å². The van der Waals surface area contributed by atoms with Gasteiger partial charge in [0.1, 0.15) is 23.3 Å². The molecule has 198 valence electrons. The Bertz CT molecular complexity index is 1570. The largest absolute Gasteiger partial charge is 0.423 e. The Balaban J connectivity index is 2.08. The monoisotopic (exact) mass is 555 g/mol. The van der Waals surface area contributed by atoms with E-state index in [9.17, 15) is 50.4 Å². The van der Waals surface area contributed by atoms with E-state index in [2.05, 4.69) is 0 Å². The minimum atomic E-state index is -5.21. The second-order valence-electron chi connectivity index (χ2n) is 7.82. The number of carbonyl (C=O) groups excluding carboxylic acids is 1. The van der Waals surface area contributed by atoms with Crippen molar-refractivity contribution in [2.24, 2.45) is 0 Å². The van der Waals surface area contributed by atoms with Crippen LogP contribution in [0.1, 0.15) is 16.7 Å². The Hall–Kier alpha value is -4.42. The first-order valence-electron chi connectivity index (χ1n) is 10.2. The summed E-state index contributed by atoms with van der Waals surface area (Å²) in [7, 11) is -4.73. The molecule has 15 heteroatoms. The van der Waals surface area contributed by atoms with E-state index in [1.165, 1.54) is 6.07 Å². The third kappa shape index (κ3) is 5.76. The molecule has 38 heavy (non-hydrogen) atoms. The summed E-state index contributed by atoms with van der Waals surface area (Å²) in [6.45, 7) is 0. The van der Waals surface area contributed by atoms with Crippen molar-refractivity contribution in [1.82, 2.24) is 0 Å². The highest BCUT2D eigenvalue weighted by molar-refractivity contribution is 7.91. The number of sulfone groups is 1. The van der Waals surface area contributed by atoms with Crippen LogP contribution < -0.4 is 5.32 Å². The SMILES string of the molecule is N#Cc1ccc(S(=O)(=O)CC(O)(C(=O)Nc2ccc([N+](=O)[O-])c(C(F)(F)F)c2)c2ccc(F)cc2)cc1F. The molecule has 0 bridgehead atoms. The second kappa shape index (κ2) is 10.1. The predicted molar refractivity (Wildman–Crippen MR) is 120 cm³/mol. The summed E-state index contributed by atoms with van der Waals surface area (Å²) in [4.78, 5) is 22.1. The highest BCUT2D eigenvalue weighted by Crippen LogP contribution is 2.38. The van der Waals surface area contributed by atoms with Crippen molar-refractivity contribution in [2.45, 2.75) is 16.7 Å². The van der Waals surface area contributed by atoms with E-state index in [0.29, 0.717) is 12.1 Å². The standard InChI is InChI=1S/C23H14F5N3O6S/c24-15-4-2-14(3-5-15)22(33,12-38(36,37)17-7-1-13(11-29)19(25)10-17)21(32)30-16-6-8-20(31(34)35)18(9-16)23(26,27)28/h1-10,33H,12H2,(H,30,32). The molecule has 0 radical (unpaired) electrons. The van der Waals surface area contributed by atoms with E-state index < -0.39 is 82.8 Å². The highest BCUT2D eigenvalue weighted by Gasteiger charge is 2.44. The molecule has 1 atom stereocenters. The number of aliphatic hydroxyl groups is 1. The molecule has 0 aliphatic carbocycles. The van der Waals surface area contributed by atoms with E-state index in [0.717, 1.165) is 42.5 Å². The fourth-order valence-corrected chi connectivity index (χ4v) is 4.95. The molecule has 3 aromatic carbocycles. The Labute approximate surface area is 210 Å². The van der Waals surface area contributed by atoms with E-state index in [-0.39, 0.29) is 6.07 Å². The van der Waals surface area contributed by atoms with Gasteiger partial charge in [0.05, 0.1) is 21.1 Å². The first-order chi connectivity index (χ1) is 17.6. The lowest BCUT2D eigenvalue weighted by Gasteiger charge is -2.27. The number of amides is 1. The maximum atomic E-state index is 14.0. The summed E-state index contributed by atoms with van der Waals surface area (Å²) < 4.78 is 93.5. The van der Waals surface area contributed by atoms with Gasteiger partial charge in [0, 0.05) is 11.8 Å². The quantitative estimate of drug-likeness (QED) is 0.254. The van der Waals surface area contributed by atoms with Gasteiger partial charge in [0.25, 0.3) is 11.6 Å². The number of hydrogen-bond acceptors (Lipinski definition) is 7. The Morgan fingerprint density at radius 2 is 1.68 bits per heavy atom. The molecule has 2 N–H and O–H groups in total. The lowest BCUT2D eigenvalue weighted by atomic mass is 9.94. The Morgan fingerprint density at radius 3 is 2.21 bits per heavy atom. The van der Waals surface area contributed by atoms with Crippen LogP contribution in [0.4, 0.5) is 33.3 Å². The molecule has 0 saturated carbocycles. The molecule has 0 saturated heterocycles. The zero-order valence-electron chi connectivity index (χ0n) is 18.7. The number of nitro groups is 1. The summed E-state index contributed by atoms with van der Waals surface area (Å²) in [6, 6.07) is 8.27. The van der Waals surface area contributed by atoms with Gasteiger partial charge in [-0.2, -0.15) is 18.4 Å². The van der Waals surface area contributed by atoms with Crippen LogP contribution in [0.2, 0.25) is 0 Å². The molecule has 0 aromatic heterocycles. The van der Waals surface area contributed by atoms with Crippen molar-refractivity contribution in [3.05, 3.63) is 99.1 Å². The lowest BCUT2D eigenvalue weighted by molar-refractivity contribution is -0.388. The van der Waals surface area contributed by atoms with Crippen molar-refractivity contribution in [3.8, 4) is 6.07 Å². The summed E-state index contributed by atoms with van der Waals surface area (Å²) in [5.41, 5.74) is -7.80. The van der Waals surface area contributed by atoms with E-state index in [1.54, 1.807) is 0 Å². The predicted octanol–water partition coefficient (Wildman–Crippen LogP) is 4.06. The molecule has 0 heterocycles. The van der Waals surface area contributed by atoms with Crippen LogP contribution in [0.25, 0.3) is 0 Å². The fraction of sp³-hybridized carbons (Fsp3) is 0.130. The summed E-state index contributed by atoms with van der Waals surface area (Å²) >= 11 is 0. The van der Waals surface area contributed by atoms with Gasteiger partial charge in [0.15, 0.2) is 15.4 Å². The van der Waals surface area contributed by atoms with E-state index in [4.69, 9.17) is 5.26 Å². The van der Waals surface area contributed by atoms with Gasteiger partial charge in [-0.25, -0.2) is 17.2 Å². The Kier molecular flexibility index (Phi) is 7.52. The first-order valence-corrected chi connectivity index (χ1v) is 11.8. The van der Waals surface area contributed by atoms with Crippen LogP contribution in [0, 0.1) is 33.1 Å². The number of nitriles is 1. The molecule has 0 aliphatic rings. The summed E-state index contributed by atoms with van der Waals surface area (Å²) in [6.07, 6.45) is -5.21. The molecular formula is C23H14F5N3O6S. The van der Waals surface area contributed by atoms with Crippen LogP contribution in [-0.2, 0) is 26.4 Å². The first kappa shape index (κ1) is 28.2. The number of anilines is 1. The van der Waals surface area contributed by atoms with Crippen molar-refractivity contribution in [3.63, 3.8) is 0 Å². The average Bonchev–Trinajstić information content (AvgIpc) is 2.83. The molecule has 0 aliphatic heterocycles. The van der Waals surface area contributed by atoms with Crippen molar-refractivity contribution in [2.75, 3.05) is 11.1 Å². The van der Waals surface area contributed by atoms with Gasteiger partial charge >= 0.3 is 6.18 Å². The smallest absolute Gasteiger partial charge is 0.374 e. The fourth-order valence-electron chi connectivity index (χ4n) is 3.38. The average molecular weight is 555 g/mol. The zero-order valence-corrected chi connectivity index (χ0v) is 19.5. The summed E-state index contributed by atoms with van der Waals surface area (Å²) in [5.74, 6) is -5.13. The molecule has 0 spiro atoms. The number of hydrogen-bond donors (Lipinski definition) is 2. The van der Waals surface area contributed by atoms with Gasteiger partial charge in [-0.05, 0) is 48.0 Å². The van der Waals surface area contributed by atoms with Crippen molar-refractivity contribution in [1.29, 1.82) is 5.26 Å². The van der Waals surface area contributed by atoms with Crippen LogP contribution in [0.5, 0.6) is 0 Å². The normalized spacial score (nSPS) is 13.3. The Morgan fingerprint density at radius 1 is 1.05 bits per heavy atom. The van der Waals surface area contributed by atoms with Gasteiger partial charge in [0.2, 0.25) is 0 Å². The number of halogens is 5. The third-order valence-corrected chi connectivity index (χ3v) is 7.04. The molecule has 0 fully saturated rings. The number of carbonyl (C=O) groups is 1. The highest BCUT2D eigenvalue weighted by atomic mass is 32.2. The van der Waals surface area contributed by atoms with Crippen LogP contribution >= 0.6 is 0 Å². The zero-order chi connectivity index (χ0) is 28.5. The number of benzene rings is 3. The van der Waals surface area contributed by atoms with Gasteiger partial charge < -0.3 is 10.4 Å². The van der Waals surface area contributed by atoms with E-state index >= 15 is 0 Å². The minimum absolute atomic E-state index is 0.214. The van der Waals surface area contributed by atoms with Gasteiger partial charge in [-0.15, -0.1) is 0 Å². The lowest BCUT2D eigenvalue weighted by Crippen LogP contribution is -2.46. The molecule has 1 unspecified atom stereocenters. The van der Waals surface area contributed by atoms with Crippen molar-refractivity contribution < 1.29 is 45.2 Å². The topological polar surface area (TPSA) is 150 Å². The number of nitro benzene ring substituents is 1. The van der Waals surface area contributed by atoms with Crippen LogP contribution in [0.3, 0.4) is 0 Å². The number of nitrogens with zero attached hydrogens (tertiary/aromatic N) is 2. The number of alkyl halides is 3. The summed E-state index contributed by atoms with van der Waals surface area (Å²) in [5, 5.41) is 32.9. The maximum Gasteiger partial charge on any atom is 0.423 e. The second-order valence-corrected chi connectivity index (χ2v) is 9.81. The number of rotatable bonds is 7. The minimum Gasteiger partial charge on any atom is -0.374 e. The molecular weight excluding hydrogens is 541 g/mol. The third-order valence-electron chi connectivity index (χ3n) is 5.27. The molecule has 9 nitrogen and oxygen atoms in total. The number of nitrogens with one attached hydrogen (secondary N) is 1. The molecule has 3 aromatic rings. The maximum absolute atomic E-state index is 14.0. The molecule has 1 amide bonds. The van der Waals surface area contributed by atoms with E-state index in [1.807, 2.05) is 5.32 Å². The molecule has 3 rings (SSSR count). The van der Waals surface area contributed by atoms with Gasteiger partial charge in [-0.1, -0.05) is 12.1 Å².